The molecule has 0 aliphatic rings. The number of nitriles is 1. The zero-order valence-electron chi connectivity index (χ0n) is 11.7. The van der Waals surface area contributed by atoms with Gasteiger partial charge in [-0.25, -0.2) is 0 Å². The minimum atomic E-state index is -0.377. The van der Waals surface area contributed by atoms with E-state index >= 15 is 0 Å². The number of nitrogens with one attached hydrogen (secondary N) is 1. The predicted octanol–water partition coefficient (Wildman–Crippen LogP) is 3.88. The number of hydrogen-bond acceptors (Lipinski definition) is 3. The Morgan fingerprint density at radius 2 is 2.16 bits per heavy atom. The molecule has 0 amide bonds. The van der Waals surface area contributed by atoms with Gasteiger partial charge in [0.2, 0.25) is 0 Å². The summed E-state index contributed by atoms with van der Waals surface area (Å²) in [5.74, 6) is 1.37. The lowest BCUT2D eigenvalue weighted by atomic mass is 10.2. The molecule has 4 heteroatoms. The summed E-state index contributed by atoms with van der Waals surface area (Å²) in [6.45, 7) is 8.07. The van der Waals surface area contributed by atoms with Gasteiger partial charge in [-0.15, -0.1) is 0 Å². The summed E-state index contributed by atoms with van der Waals surface area (Å²) in [6.07, 6.45) is 0.311. The van der Waals surface area contributed by atoms with Gasteiger partial charge < -0.3 is 10.1 Å². The van der Waals surface area contributed by atoms with Crippen LogP contribution < -0.4 is 10.1 Å². The van der Waals surface area contributed by atoms with E-state index < -0.39 is 0 Å². The Balaban J connectivity index is 2.68. The minimum Gasteiger partial charge on any atom is -0.476 e. The molecular weight excluding hydrogens is 304 g/mol. The van der Waals surface area contributed by atoms with Gasteiger partial charge in [0.25, 0.3) is 0 Å². The highest BCUT2D eigenvalue weighted by Crippen LogP contribution is 2.23. The van der Waals surface area contributed by atoms with E-state index in [2.05, 4.69) is 41.2 Å². The molecule has 1 aromatic rings. The molecule has 3 nitrogen and oxygen atoms in total. The lowest BCUT2D eigenvalue weighted by Gasteiger charge is -2.13. The molecule has 0 aromatic heterocycles. The molecule has 0 bridgehead atoms. The van der Waals surface area contributed by atoms with Crippen LogP contribution in [0.5, 0.6) is 5.75 Å². The summed E-state index contributed by atoms with van der Waals surface area (Å²) in [6, 6.07) is 7.98. The Kier molecular flexibility index (Phi) is 6.90. The molecule has 0 aliphatic carbocycles. The van der Waals surface area contributed by atoms with Crippen LogP contribution in [-0.2, 0) is 6.54 Å². The number of rotatable bonds is 7. The molecule has 0 aliphatic heterocycles. The Morgan fingerprint density at radius 1 is 1.42 bits per heavy atom. The van der Waals surface area contributed by atoms with Gasteiger partial charge in [0.1, 0.15) is 11.8 Å². The van der Waals surface area contributed by atoms with Crippen molar-refractivity contribution in [1.82, 2.24) is 5.32 Å². The van der Waals surface area contributed by atoms with Gasteiger partial charge >= 0.3 is 0 Å². The van der Waals surface area contributed by atoms with Gasteiger partial charge in [0.15, 0.2) is 6.10 Å². The molecule has 0 spiro atoms. The van der Waals surface area contributed by atoms with E-state index in [-0.39, 0.29) is 6.10 Å². The lowest BCUT2D eigenvalue weighted by Crippen LogP contribution is -2.19. The molecule has 1 atom stereocenters. The summed E-state index contributed by atoms with van der Waals surface area (Å²) in [5, 5.41) is 12.3. The molecule has 0 saturated heterocycles. The van der Waals surface area contributed by atoms with Crippen LogP contribution in [0.3, 0.4) is 0 Å². The maximum absolute atomic E-state index is 8.92. The Morgan fingerprint density at radius 3 is 2.74 bits per heavy atom. The van der Waals surface area contributed by atoms with Gasteiger partial charge in [-0.05, 0) is 42.6 Å². The van der Waals surface area contributed by atoms with Crippen LogP contribution in [0.1, 0.15) is 32.8 Å². The number of benzene rings is 1. The fraction of sp³-hybridized carbons (Fsp3) is 0.533. The third kappa shape index (κ3) is 5.63. The molecule has 0 radical (unpaired) electrons. The molecule has 0 heterocycles. The van der Waals surface area contributed by atoms with Gasteiger partial charge in [-0.2, -0.15) is 5.26 Å². The molecule has 1 unspecified atom stereocenters. The molecule has 1 aromatic carbocycles. The van der Waals surface area contributed by atoms with Crippen molar-refractivity contribution in [2.75, 3.05) is 6.54 Å². The number of hydrogen-bond donors (Lipinski definition) is 1. The second kappa shape index (κ2) is 8.19. The van der Waals surface area contributed by atoms with E-state index in [1.54, 1.807) is 0 Å². The summed E-state index contributed by atoms with van der Waals surface area (Å²) in [5.41, 5.74) is 1.14. The second-order valence-electron chi connectivity index (χ2n) is 4.92. The maximum atomic E-state index is 8.92. The summed E-state index contributed by atoms with van der Waals surface area (Å²) < 4.78 is 6.68. The third-order valence-corrected chi connectivity index (χ3v) is 3.45. The molecule has 1 rings (SSSR count). The normalized spacial score (nSPS) is 12.2. The summed E-state index contributed by atoms with van der Waals surface area (Å²) in [7, 11) is 0. The number of halogens is 1. The minimum absolute atomic E-state index is 0.377. The first kappa shape index (κ1) is 16.0. The SMILES string of the molecule is CCC(C#N)Oc1ccc(Br)c(CNCC(C)C)c1. The highest BCUT2D eigenvalue weighted by Gasteiger charge is 2.08. The molecule has 0 saturated carbocycles. The fourth-order valence-electron chi connectivity index (χ4n) is 1.62. The van der Waals surface area contributed by atoms with Gasteiger partial charge in [-0.1, -0.05) is 36.7 Å². The topological polar surface area (TPSA) is 45.0 Å². The van der Waals surface area contributed by atoms with Crippen LogP contribution in [0, 0.1) is 17.2 Å². The first-order chi connectivity index (χ1) is 9.06. The van der Waals surface area contributed by atoms with Crippen LogP contribution >= 0.6 is 15.9 Å². The van der Waals surface area contributed by atoms with Crippen LogP contribution in [0.2, 0.25) is 0 Å². The van der Waals surface area contributed by atoms with Crippen LogP contribution in [-0.4, -0.2) is 12.6 Å². The van der Waals surface area contributed by atoms with Crippen molar-refractivity contribution in [3.8, 4) is 11.8 Å². The average Bonchev–Trinajstić information content (AvgIpc) is 2.38. The average molecular weight is 325 g/mol. The summed E-state index contributed by atoms with van der Waals surface area (Å²) in [4.78, 5) is 0. The Hall–Kier alpha value is -1.05. The molecular formula is C15H21BrN2O. The summed E-state index contributed by atoms with van der Waals surface area (Å²) >= 11 is 3.54. The van der Waals surface area contributed by atoms with Crippen LogP contribution in [0.25, 0.3) is 0 Å². The van der Waals surface area contributed by atoms with Gasteiger partial charge in [-0.3, -0.25) is 0 Å². The molecule has 0 fully saturated rings. The van der Waals surface area contributed by atoms with Crippen molar-refractivity contribution < 1.29 is 4.74 Å². The largest absolute Gasteiger partial charge is 0.476 e. The lowest BCUT2D eigenvalue weighted by molar-refractivity contribution is 0.251. The van der Waals surface area contributed by atoms with E-state index in [0.717, 1.165) is 28.9 Å². The van der Waals surface area contributed by atoms with Gasteiger partial charge in [0.05, 0.1) is 0 Å². The van der Waals surface area contributed by atoms with E-state index in [1.165, 1.54) is 0 Å². The smallest absolute Gasteiger partial charge is 0.184 e. The molecule has 104 valence electrons. The quantitative estimate of drug-likeness (QED) is 0.827. The number of ether oxygens (including phenoxy) is 1. The van der Waals surface area contributed by atoms with Crippen molar-refractivity contribution in [2.45, 2.75) is 39.8 Å². The van der Waals surface area contributed by atoms with Crippen molar-refractivity contribution >= 4 is 15.9 Å². The van der Waals surface area contributed by atoms with E-state index in [1.807, 2.05) is 25.1 Å². The van der Waals surface area contributed by atoms with Crippen molar-refractivity contribution in [3.05, 3.63) is 28.2 Å². The van der Waals surface area contributed by atoms with Crippen LogP contribution in [0.15, 0.2) is 22.7 Å². The van der Waals surface area contributed by atoms with Gasteiger partial charge in [0, 0.05) is 11.0 Å². The zero-order valence-corrected chi connectivity index (χ0v) is 13.3. The molecule has 19 heavy (non-hydrogen) atoms. The third-order valence-electron chi connectivity index (χ3n) is 2.68. The Labute approximate surface area is 124 Å². The first-order valence-corrected chi connectivity index (χ1v) is 7.41. The van der Waals surface area contributed by atoms with Crippen molar-refractivity contribution in [3.63, 3.8) is 0 Å². The zero-order chi connectivity index (χ0) is 14.3. The van der Waals surface area contributed by atoms with E-state index in [0.29, 0.717) is 12.3 Å². The maximum Gasteiger partial charge on any atom is 0.184 e. The highest BCUT2D eigenvalue weighted by molar-refractivity contribution is 9.10. The van der Waals surface area contributed by atoms with Crippen LogP contribution in [0.4, 0.5) is 0 Å². The monoisotopic (exact) mass is 324 g/mol. The van der Waals surface area contributed by atoms with E-state index in [9.17, 15) is 0 Å². The van der Waals surface area contributed by atoms with Crippen molar-refractivity contribution in [2.24, 2.45) is 5.92 Å². The van der Waals surface area contributed by atoms with E-state index in [4.69, 9.17) is 10.00 Å². The molecule has 1 N–H and O–H groups in total. The predicted molar refractivity (Wildman–Crippen MR) is 81.0 cm³/mol. The second-order valence-corrected chi connectivity index (χ2v) is 5.78. The van der Waals surface area contributed by atoms with Crippen molar-refractivity contribution in [1.29, 1.82) is 5.26 Å². The Bertz CT molecular complexity index is 440. The fourth-order valence-corrected chi connectivity index (χ4v) is 2.01. The standard InChI is InChI=1S/C15H21BrN2O/c1-4-13(8-17)19-14-5-6-15(16)12(7-14)10-18-9-11(2)3/h5-7,11,13,18H,4,9-10H2,1-3H3. The highest BCUT2D eigenvalue weighted by atomic mass is 79.9. The first-order valence-electron chi connectivity index (χ1n) is 6.62. The number of nitrogens with zero attached hydrogens (tertiary/aromatic N) is 1.